The molecule has 0 saturated heterocycles. The lowest BCUT2D eigenvalue weighted by atomic mass is 10.1. The lowest BCUT2D eigenvalue weighted by Crippen LogP contribution is -2.42. The Morgan fingerprint density at radius 2 is 1.31 bits per heavy atom. The average Bonchev–Trinajstić information content (AvgIpc) is 2.64. The number of nitrogen functional groups attached to an aromatic ring is 2. The van der Waals surface area contributed by atoms with Gasteiger partial charge in [-0.05, 0) is 67.8 Å². The van der Waals surface area contributed by atoms with Crippen LogP contribution >= 0.6 is 67.8 Å². The number of halogens is 3. The molecule has 160 valence electrons. The molecule has 0 aliphatic carbocycles. The number of hydrogen-bond donors (Lipinski definition) is 4. The Kier molecular flexibility index (Phi) is 10.3. The van der Waals surface area contributed by atoms with E-state index in [-0.39, 0.29) is 5.56 Å². The van der Waals surface area contributed by atoms with E-state index < -0.39 is 49.0 Å². The van der Waals surface area contributed by atoms with Gasteiger partial charge in [-0.3, -0.25) is 24.5 Å². The van der Waals surface area contributed by atoms with Gasteiger partial charge in [0.05, 0.1) is 14.9 Å². The van der Waals surface area contributed by atoms with Crippen molar-refractivity contribution >= 4 is 103 Å². The van der Waals surface area contributed by atoms with Crippen LogP contribution in [0.15, 0.2) is 0 Å². The van der Waals surface area contributed by atoms with Gasteiger partial charge >= 0.3 is 11.9 Å². The maximum absolute atomic E-state index is 12.5. The summed E-state index contributed by atoms with van der Waals surface area (Å²) >= 11 is 5.72. The fraction of sp³-hybridized carbons (Fsp3) is 0.375. The standard InChI is InChI=1S/C16H18I3N3O7/c1-5(23)28-3-7(4-29-6(2)24)15(26)22-16(27)14(25)8-9(17)12(20)11(19)13(21)10(8)18/h7,14,25H,3-4,20-21H2,1-2H3,(H,22,26,27). The first kappa shape index (κ1) is 26.1. The van der Waals surface area contributed by atoms with Crippen LogP contribution < -0.4 is 16.8 Å². The topological polar surface area (TPSA) is 171 Å². The molecule has 1 unspecified atom stereocenters. The molecular weight excluding hydrogens is 727 g/mol. The summed E-state index contributed by atoms with van der Waals surface area (Å²) in [5.41, 5.74) is 12.7. The van der Waals surface area contributed by atoms with E-state index in [1.807, 2.05) is 73.1 Å². The number of esters is 2. The molecule has 0 heterocycles. The number of amides is 2. The summed E-state index contributed by atoms with van der Waals surface area (Å²) in [6.07, 6.45) is -1.73. The Hall–Kier alpha value is -0.950. The highest BCUT2D eigenvalue weighted by molar-refractivity contribution is 14.1. The van der Waals surface area contributed by atoms with E-state index in [9.17, 15) is 24.3 Å². The number of benzene rings is 1. The number of ether oxygens (including phenoxy) is 2. The number of nitrogens with two attached hydrogens (primary N) is 2. The zero-order valence-electron chi connectivity index (χ0n) is 15.3. The van der Waals surface area contributed by atoms with Crippen LogP contribution in [0.5, 0.6) is 0 Å². The van der Waals surface area contributed by atoms with Crippen LogP contribution in [0.25, 0.3) is 0 Å². The van der Waals surface area contributed by atoms with Gasteiger partial charge in [-0.2, -0.15) is 0 Å². The van der Waals surface area contributed by atoms with E-state index in [4.69, 9.17) is 20.9 Å². The quantitative estimate of drug-likeness (QED) is 0.181. The molecule has 0 aliphatic heterocycles. The van der Waals surface area contributed by atoms with Crippen molar-refractivity contribution in [2.75, 3.05) is 24.7 Å². The monoisotopic (exact) mass is 745 g/mol. The van der Waals surface area contributed by atoms with Crippen LogP contribution in [0.1, 0.15) is 25.5 Å². The van der Waals surface area contributed by atoms with E-state index >= 15 is 0 Å². The Morgan fingerprint density at radius 1 is 0.897 bits per heavy atom. The maximum Gasteiger partial charge on any atom is 0.302 e. The largest absolute Gasteiger partial charge is 0.465 e. The third-order valence-electron chi connectivity index (χ3n) is 3.53. The molecule has 6 N–H and O–H groups in total. The second-order valence-electron chi connectivity index (χ2n) is 5.74. The smallest absolute Gasteiger partial charge is 0.302 e. The van der Waals surface area contributed by atoms with Crippen molar-refractivity contribution in [3.05, 3.63) is 16.3 Å². The normalized spacial score (nSPS) is 11.7. The summed E-state index contributed by atoms with van der Waals surface area (Å²) in [6, 6.07) is 0. The van der Waals surface area contributed by atoms with Gasteiger partial charge in [0.1, 0.15) is 19.1 Å². The number of nitrogens with one attached hydrogen (secondary N) is 1. The molecule has 2 amide bonds. The zero-order chi connectivity index (χ0) is 22.5. The fourth-order valence-electron chi connectivity index (χ4n) is 2.02. The lowest BCUT2D eigenvalue weighted by Gasteiger charge is -2.20. The molecule has 10 nitrogen and oxygen atoms in total. The molecule has 1 rings (SSSR count). The van der Waals surface area contributed by atoms with Gasteiger partial charge in [-0.1, -0.05) is 0 Å². The highest BCUT2D eigenvalue weighted by Gasteiger charge is 2.30. The van der Waals surface area contributed by atoms with Gasteiger partial charge in [0.25, 0.3) is 5.91 Å². The molecule has 29 heavy (non-hydrogen) atoms. The highest BCUT2D eigenvalue weighted by atomic mass is 127. The van der Waals surface area contributed by atoms with Gasteiger partial charge < -0.3 is 26.0 Å². The third-order valence-corrected chi connectivity index (χ3v) is 7.02. The molecule has 0 aliphatic rings. The SMILES string of the molecule is CC(=O)OCC(COC(C)=O)C(=O)NC(=O)C(O)c1c(I)c(N)c(I)c(N)c1I. The number of anilines is 2. The minimum absolute atomic E-state index is 0.170. The molecule has 1 aromatic rings. The Balaban J connectivity index is 3.04. The van der Waals surface area contributed by atoms with Crippen molar-refractivity contribution < 1.29 is 33.8 Å². The summed E-state index contributed by atoms with van der Waals surface area (Å²) < 4.78 is 11.0. The molecule has 0 aromatic heterocycles. The van der Waals surface area contributed by atoms with Gasteiger partial charge in [0.15, 0.2) is 6.10 Å². The van der Waals surface area contributed by atoms with E-state index in [0.29, 0.717) is 22.1 Å². The van der Waals surface area contributed by atoms with Crippen molar-refractivity contribution in [1.29, 1.82) is 0 Å². The minimum atomic E-state index is -1.73. The second-order valence-corrected chi connectivity index (χ2v) is 8.98. The van der Waals surface area contributed by atoms with E-state index in [1.54, 1.807) is 0 Å². The predicted molar refractivity (Wildman–Crippen MR) is 128 cm³/mol. The third kappa shape index (κ3) is 7.06. The molecule has 0 spiro atoms. The van der Waals surface area contributed by atoms with Gasteiger partial charge in [0.2, 0.25) is 5.91 Å². The molecule has 0 saturated carbocycles. The van der Waals surface area contributed by atoms with E-state index in [1.165, 1.54) is 0 Å². The molecule has 1 atom stereocenters. The first-order valence-electron chi connectivity index (χ1n) is 7.89. The summed E-state index contributed by atoms with van der Waals surface area (Å²) in [5, 5.41) is 12.5. The molecule has 1 aromatic carbocycles. The first-order chi connectivity index (χ1) is 13.4. The Labute approximate surface area is 207 Å². The van der Waals surface area contributed by atoms with Crippen molar-refractivity contribution in [2.24, 2.45) is 5.92 Å². The summed E-state index contributed by atoms with van der Waals surface area (Å²) in [7, 11) is 0. The number of carbonyl (C=O) groups excluding carboxylic acids is 4. The lowest BCUT2D eigenvalue weighted by molar-refractivity contribution is -0.149. The molecule has 13 heteroatoms. The van der Waals surface area contributed by atoms with Crippen LogP contribution in [0.3, 0.4) is 0 Å². The molecule has 0 fully saturated rings. The van der Waals surface area contributed by atoms with Crippen LogP contribution in [-0.4, -0.2) is 42.1 Å². The summed E-state index contributed by atoms with van der Waals surface area (Å²) in [5.74, 6) is -4.34. The van der Waals surface area contributed by atoms with E-state index in [0.717, 1.165) is 13.8 Å². The summed E-state index contributed by atoms with van der Waals surface area (Å²) in [4.78, 5) is 46.8. The zero-order valence-corrected chi connectivity index (χ0v) is 21.7. The van der Waals surface area contributed by atoms with E-state index in [2.05, 4.69) is 0 Å². The van der Waals surface area contributed by atoms with Gasteiger partial charge in [-0.25, -0.2) is 0 Å². The Morgan fingerprint density at radius 3 is 1.69 bits per heavy atom. The Bertz CT molecular complexity index is 801. The van der Waals surface area contributed by atoms with Crippen molar-refractivity contribution in [1.82, 2.24) is 5.32 Å². The number of aliphatic hydroxyl groups is 1. The summed E-state index contributed by atoms with van der Waals surface area (Å²) in [6.45, 7) is 1.48. The number of hydrogen-bond acceptors (Lipinski definition) is 9. The minimum Gasteiger partial charge on any atom is -0.465 e. The average molecular weight is 745 g/mol. The number of aliphatic hydroxyl groups excluding tert-OH is 1. The maximum atomic E-state index is 12.5. The molecular formula is C16H18I3N3O7. The molecule has 0 bridgehead atoms. The number of imide groups is 1. The van der Waals surface area contributed by atoms with Crippen LogP contribution in [-0.2, 0) is 28.7 Å². The number of rotatable bonds is 7. The van der Waals surface area contributed by atoms with Crippen molar-refractivity contribution in [2.45, 2.75) is 20.0 Å². The van der Waals surface area contributed by atoms with Crippen LogP contribution in [0.2, 0.25) is 0 Å². The number of carbonyl (C=O) groups is 4. The van der Waals surface area contributed by atoms with Crippen LogP contribution in [0, 0.1) is 16.6 Å². The van der Waals surface area contributed by atoms with Gasteiger partial charge in [-0.15, -0.1) is 0 Å². The highest BCUT2D eigenvalue weighted by Crippen LogP contribution is 2.38. The van der Waals surface area contributed by atoms with Crippen LogP contribution in [0.4, 0.5) is 11.4 Å². The molecule has 0 radical (unpaired) electrons. The fourth-order valence-corrected chi connectivity index (χ4v) is 5.78. The van der Waals surface area contributed by atoms with Gasteiger partial charge in [0, 0.05) is 26.6 Å². The second kappa shape index (κ2) is 11.4. The predicted octanol–water partition coefficient (Wildman–Crippen LogP) is 1.08. The van der Waals surface area contributed by atoms with Crippen molar-refractivity contribution in [3.63, 3.8) is 0 Å². The first-order valence-corrected chi connectivity index (χ1v) is 11.1. The van der Waals surface area contributed by atoms with Crippen molar-refractivity contribution in [3.8, 4) is 0 Å².